The molecule has 2 aromatic rings. The first-order chi connectivity index (χ1) is 7.65. The second-order valence-electron chi connectivity index (χ2n) is 3.31. The topological polar surface area (TPSA) is 9.23 Å². The Balaban J connectivity index is 2.20. The molecule has 3 heteroatoms. The van der Waals surface area contributed by atoms with Crippen LogP contribution in [0.25, 0.3) is 0 Å². The molecular weight excluding hydrogens is 227 g/mol. The SMILES string of the molecule is [CH2]c1cc(Oc2ccc(F)cc2)ccc1Cl. The van der Waals surface area contributed by atoms with Gasteiger partial charge in [-0.3, -0.25) is 0 Å². The third-order valence-electron chi connectivity index (χ3n) is 2.07. The van der Waals surface area contributed by atoms with E-state index >= 15 is 0 Å². The summed E-state index contributed by atoms with van der Waals surface area (Å²) < 4.78 is 18.2. The first-order valence-corrected chi connectivity index (χ1v) is 5.08. The number of benzene rings is 2. The van der Waals surface area contributed by atoms with Crippen molar-refractivity contribution in [2.45, 2.75) is 0 Å². The normalized spacial score (nSPS) is 10.2. The van der Waals surface area contributed by atoms with Gasteiger partial charge in [-0.2, -0.15) is 0 Å². The Labute approximate surface area is 98.4 Å². The molecule has 1 nitrogen and oxygen atoms in total. The van der Waals surface area contributed by atoms with Crippen molar-refractivity contribution in [1.29, 1.82) is 0 Å². The number of hydrogen-bond donors (Lipinski definition) is 0. The fourth-order valence-electron chi connectivity index (χ4n) is 1.25. The van der Waals surface area contributed by atoms with Gasteiger partial charge in [-0.1, -0.05) is 11.6 Å². The van der Waals surface area contributed by atoms with E-state index in [4.69, 9.17) is 16.3 Å². The minimum absolute atomic E-state index is 0.290. The molecule has 0 spiro atoms. The molecule has 0 saturated carbocycles. The zero-order valence-electron chi connectivity index (χ0n) is 8.41. The van der Waals surface area contributed by atoms with Gasteiger partial charge in [-0.25, -0.2) is 4.39 Å². The van der Waals surface area contributed by atoms with Crippen LogP contribution in [0.1, 0.15) is 5.56 Å². The predicted octanol–water partition coefficient (Wildman–Crippen LogP) is 4.45. The largest absolute Gasteiger partial charge is 0.457 e. The monoisotopic (exact) mass is 235 g/mol. The smallest absolute Gasteiger partial charge is 0.127 e. The third kappa shape index (κ3) is 2.52. The lowest BCUT2D eigenvalue weighted by molar-refractivity contribution is 0.480. The van der Waals surface area contributed by atoms with Crippen LogP contribution in [-0.2, 0) is 0 Å². The molecule has 0 N–H and O–H groups in total. The summed E-state index contributed by atoms with van der Waals surface area (Å²) in [6.45, 7) is 3.76. The van der Waals surface area contributed by atoms with E-state index in [0.29, 0.717) is 22.1 Å². The van der Waals surface area contributed by atoms with Crippen LogP contribution in [0.5, 0.6) is 11.5 Å². The minimum Gasteiger partial charge on any atom is -0.457 e. The molecule has 0 amide bonds. The van der Waals surface area contributed by atoms with Crippen molar-refractivity contribution in [3.05, 3.63) is 65.8 Å². The molecule has 16 heavy (non-hydrogen) atoms. The molecule has 0 aliphatic rings. The molecule has 0 fully saturated rings. The van der Waals surface area contributed by atoms with Gasteiger partial charge >= 0.3 is 0 Å². The Morgan fingerprint density at radius 1 is 1.00 bits per heavy atom. The molecular formula is C13H9ClFO. The molecule has 0 aromatic heterocycles. The minimum atomic E-state index is -0.290. The quantitative estimate of drug-likeness (QED) is 0.747. The van der Waals surface area contributed by atoms with Crippen molar-refractivity contribution in [3.8, 4) is 11.5 Å². The van der Waals surface area contributed by atoms with Crippen molar-refractivity contribution < 1.29 is 9.13 Å². The molecule has 0 bridgehead atoms. The van der Waals surface area contributed by atoms with Gasteiger partial charge in [0.15, 0.2) is 0 Å². The van der Waals surface area contributed by atoms with Crippen LogP contribution < -0.4 is 4.74 Å². The number of ether oxygens (including phenoxy) is 1. The molecule has 2 rings (SSSR count). The van der Waals surface area contributed by atoms with Crippen molar-refractivity contribution in [1.82, 2.24) is 0 Å². The summed E-state index contributed by atoms with van der Waals surface area (Å²) in [6.07, 6.45) is 0. The zero-order chi connectivity index (χ0) is 11.5. The summed E-state index contributed by atoms with van der Waals surface area (Å²) in [5.41, 5.74) is 0.696. The van der Waals surface area contributed by atoms with E-state index in [1.807, 2.05) is 0 Å². The van der Waals surface area contributed by atoms with Crippen LogP contribution in [0.4, 0.5) is 4.39 Å². The van der Waals surface area contributed by atoms with Gasteiger partial charge in [0.05, 0.1) is 0 Å². The van der Waals surface area contributed by atoms with Crippen molar-refractivity contribution in [2.75, 3.05) is 0 Å². The average Bonchev–Trinajstić information content (AvgIpc) is 2.27. The number of rotatable bonds is 2. The highest BCUT2D eigenvalue weighted by atomic mass is 35.5. The lowest BCUT2D eigenvalue weighted by atomic mass is 10.2. The summed E-state index contributed by atoms with van der Waals surface area (Å²) in [4.78, 5) is 0. The van der Waals surface area contributed by atoms with Gasteiger partial charge < -0.3 is 4.74 Å². The van der Waals surface area contributed by atoms with E-state index in [-0.39, 0.29) is 5.82 Å². The first-order valence-electron chi connectivity index (χ1n) is 4.70. The van der Waals surface area contributed by atoms with E-state index in [9.17, 15) is 4.39 Å². The summed E-state index contributed by atoms with van der Waals surface area (Å²) in [5, 5.41) is 0.589. The van der Waals surface area contributed by atoms with Crippen LogP contribution >= 0.6 is 11.6 Å². The Morgan fingerprint density at radius 2 is 1.62 bits per heavy atom. The van der Waals surface area contributed by atoms with Gasteiger partial charge in [0, 0.05) is 5.02 Å². The van der Waals surface area contributed by atoms with Crippen molar-refractivity contribution in [2.24, 2.45) is 0 Å². The maximum absolute atomic E-state index is 12.7. The van der Waals surface area contributed by atoms with E-state index in [2.05, 4.69) is 6.92 Å². The summed E-state index contributed by atoms with van der Waals surface area (Å²) in [5.74, 6) is 0.908. The molecule has 0 heterocycles. The van der Waals surface area contributed by atoms with Crippen molar-refractivity contribution in [3.63, 3.8) is 0 Å². The molecule has 0 unspecified atom stereocenters. The maximum atomic E-state index is 12.7. The van der Waals surface area contributed by atoms with E-state index in [0.717, 1.165) is 0 Å². The third-order valence-corrected chi connectivity index (χ3v) is 2.44. The molecule has 1 radical (unpaired) electrons. The standard InChI is InChI=1S/C13H9ClFO/c1-9-8-12(6-7-13(9)14)16-11-4-2-10(15)3-5-11/h2-8H,1H2. The molecule has 81 valence electrons. The fraction of sp³-hybridized carbons (Fsp3) is 0. The Bertz CT molecular complexity index is 494. The van der Waals surface area contributed by atoms with Crippen LogP contribution in [0.3, 0.4) is 0 Å². The van der Waals surface area contributed by atoms with Gasteiger partial charge in [-0.15, -0.1) is 0 Å². The Kier molecular flexibility index (Phi) is 3.11. The fourth-order valence-corrected chi connectivity index (χ4v) is 1.37. The summed E-state index contributed by atoms with van der Waals surface area (Å²) >= 11 is 5.84. The lowest BCUT2D eigenvalue weighted by Gasteiger charge is -2.06. The Morgan fingerprint density at radius 3 is 2.25 bits per heavy atom. The van der Waals surface area contributed by atoms with E-state index in [1.165, 1.54) is 12.1 Å². The second-order valence-corrected chi connectivity index (χ2v) is 3.72. The molecule has 0 aliphatic carbocycles. The van der Waals surface area contributed by atoms with Gasteiger partial charge in [-0.05, 0) is 55.0 Å². The van der Waals surface area contributed by atoms with Crippen LogP contribution in [0.15, 0.2) is 42.5 Å². The first kappa shape index (κ1) is 11.0. The highest BCUT2D eigenvalue weighted by molar-refractivity contribution is 6.31. The zero-order valence-corrected chi connectivity index (χ0v) is 9.17. The van der Waals surface area contributed by atoms with E-state index in [1.54, 1.807) is 30.3 Å². The van der Waals surface area contributed by atoms with Crippen LogP contribution in [-0.4, -0.2) is 0 Å². The number of hydrogen-bond acceptors (Lipinski definition) is 1. The van der Waals surface area contributed by atoms with Crippen LogP contribution in [0.2, 0.25) is 5.02 Å². The Hall–Kier alpha value is -1.54. The van der Waals surface area contributed by atoms with Gasteiger partial charge in [0.2, 0.25) is 0 Å². The molecule has 2 aromatic carbocycles. The lowest BCUT2D eigenvalue weighted by Crippen LogP contribution is -1.85. The number of halogens is 2. The molecule has 0 atom stereocenters. The van der Waals surface area contributed by atoms with Crippen LogP contribution in [0, 0.1) is 12.7 Å². The highest BCUT2D eigenvalue weighted by Crippen LogP contribution is 2.25. The average molecular weight is 236 g/mol. The maximum Gasteiger partial charge on any atom is 0.127 e. The summed E-state index contributed by atoms with van der Waals surface area (Å²) in [7, 11) is 0. The molecule has 0 saturated heterocycles. The van der Waals surface area contributed by atoms with Crippen molar-refractivity contribution >= 4 is 11.6 Å². The molecule has 0 aliphatic heterocycles. The van der Waals surface area contributed by atoms with Gasteiger partial charge in [0.25, 0.3) is 0 Å². The van der Waals surface area contributed by atoms with Gasteiger partial charge in [0.1, 0.15) is 17.3 Å². The predicted molar refractivity (Wildman–Crippen MR) is 62.4 cm³/mol. The van der Waals surface area contributed by atoms with E-state index < -0.39 is 0 Å². The summed E-state index contributed by atoms with van der Waals surface area (Å²) in [6, 6.07) is 11.0. The second kappa shape index (κ2) is 4.54. The highest BCUT2D eigenvalue weighted by Gasteiger charge is 2.00.